The summed E-state index contributed by atoms with van der Waals surface area (Å²) in [6.07, 6.45) is -1.22. The molecule has 0 saturated carbocycles. The highest BCUT2D eigenvalue weighted by Crippen LogP contribution is 2.38. The number of aromatic nitrogens is 4. The van der Waals surface area contributed by atoms with Gasteiger partial charge in [0, 0.05) is 42.3 Å². The van der Waals surface area contributed by atoms with Gasteiger partial charge in [-0.1, -0.05) is 29.3 Å². The molecule has 236 valence electrons. The number of hydrogen-bond acceptors (Lipinski definition) is 7. The molecule has 0 aliphatic carbocycles. The first-order valence-electron chi connectivity index (χ1n) is 14.4. The Balaban J connectivity index is 1.31. The zero-order valence-corrected chi connectivity index (χ0v) is 26.8. The van der Waals surface area contributed by atoms with Crippen molar-refractivity contribution in [1.82, 2.24) is 29.4 Å². The maximum Gasteiger partial charge on any atom is 0.437 e. The number of likely N-dealkylation sites (tertiary alicyclic amines) is 1. The van der Waals surface area contributed by atoms with Gasteiger partial charge in [-0.2, -0.15) is 18.3 Å². The number of nitrogens with zero attached hydrogens (tertiary/aromatic N) is 6. The van der Waals surface area contributed by atoms with Gasteiger partial charge in [-0.25, -0.2) is 27.8 Å². The van der Waals surface area contributed by atoms with E-state index in [0.717, 1.165) is 25.9 Å². The topological polar surface area (TPSA) is 96.3 Å². The van der Waals surface area contributed by atoms with Crippen molar-refractivity contribution < 1.29 is 21.6 Å². The SMILES string of the molecule is CC(CNS(=O)(=O)C(C)C)N1CCCC(C2CN(c3cnc4c(C(F)(F)F)nn(C(C)c5ccc(Cl)cc5Cl)c4n3)C2)C1. The maximum absolute atomic E-state index is 13.9. The van der Waals surface area contributed by atoms with Gasteiger partial charge in [0.2, 0.25) is 10.0 Å². The van der Waals surface area contributed by atoms with Gasteiger partial charge < -0.3 is 4.90 Å². The van der Waals surface area contributed by atoms with Crippen molar-refractivity contribution in [2.45, 2.75) is 64.0 Å². The zero-order valence-electron chi connectivity index (χ0n) is 24.4. The number of anilines is 1. The predicted molar refractivity (Wildman–Crippen MR) is 162 cm³/mol. The van der Waals surface area contributed by atoms with Crippen LogP contribution in [0.4, 0.5) is 19.0 Å². The van der Waals surface area contributed by atoms with E-state index >= 15 is 0 Å². The van der Waals surface area contributed by atoms with Crippen LogP contribution in [0.1, 0.15) is 57.8 Å². The normalized spacial score (nSPS) is 20.5. The molecule has 9 nitrogen and oxygen atoms in total. The molecule has 2 fully saturated rings. The number of fused-ring (bicyclic) bond motifs is 1. The first-order chi connectivity index (χ1) is 20.2. The Morgan fingerprint density at radius 3 is 2.47 bits per heavy atom. The van der Waals surface area contributed by atoms with Gasteiger partial charge in [0.25, 0.3) is 0 Å². The minimum atomic E-state index is -4.70. The van der Waals surface area contributed by atoms with Crippen LogP contribution >= 0.6 is 23.2 Å². The Morgan fingerprint density at radius 1 is 1.09 bits per heavy atom. The highest BCUT2D eigenvalue weighted by Gasteiger charge is 2.41. The molecule has 15 heteroatoms. The molecule has 2 saturated heterocycles. The van der Waals surface area contributed by atoms with Gasteiger partial charge >= 0.3 is 6.18 Å². The van der Waals surface area contributed by atoms with Gasteiger partial charge in [-0.15, -0.1) is 0 Å². The van der Waals surface area contributed by atoms with E-state index in [2.05, 4.69) is 24.7 Å². The van der Waals surface area contributed by atoms with Crippen molar-refractivity contribution in [3.05, 3.63) is 45.7 Å². The van der Waals surface area contributed by atoms with Crippen LogP contribution in [-0.4, -0.2) is 77.1 Å². The number of sulfonamides is 1. The number of rotatable bonds is 9. The smallest absolute Gasteiger partial charge is 0.355 e. The summed E-state index contributed by atoms with van der Waals surface area (Å²) >= 11 is 12.4. The van der Waals surface area contributed by atoms with Gasteiger partial charge in [-0.3, -0.25) is 4.90 Å². The molecular weight excluding hydrogens is 626 g/mol. The highest BCUT2D eigenvalue weighted by molar-refractivity contribution is 7.90. The number of benzene rings is 1. The first kappa shape index (κ1) is 32.2. The largest absolute Gasteiger partial charge is 0.437 e. The molecule has 3 unspecified atom stereocenters. The molecule has 43 heavy (non-hydrogen) atoms. The van der Waals surface area contributed by atoms with Crippen LogP contribution < -0.4 is 9.62 Å². The fourth-order valence-corrected chi connectivity index (χ4v) is 7.21. The molecule has 5 rings (SSSR count). The van der Waals surface area contributed by atoms with Crippen LogP contribution in [0.3, 0.4) is 0 Å². The molecule has 3 atom stereocenters. The van der Waals surface area contributed by atoms with Crippen molar-refractivity contribution >= 4 is 50.2 Å². The van der Waals surface area contributed by atoms with Crippen molar-refractivity contribution in [2.24, 2.45) is 11.8 Å². The summed E-state index contributed by atoms with van der Waals surface area (Å²) < 4.78 is 70.1. The average Bonchev–Trinajstić information content (AvgIpc) is 3.30. The summed E-state index contributed by atoms with van der Waals surface area (Å²) in [6.45, 7) is 10.7. The van der Waals surface area contributed by atoms with E-state index in [-0.39, 0.29) is 17.2 Å². The van der Waals surface area contributed by atoms with Crippen LogP contribution in [0.15, 0.2) is 24.4 Å². The van der Waals surface area contributed by atoms with E-state index in [1.807, 2.05) is 11.8 Å². The van der Waals surface area contributed by atoms with E-state index in [9.17, 15) is 21.6 Å². The monoisotopic (exact) mass is 661 g/mol. The van der Waals surface area contributed by atoms with Gasteiger partial charge in [0.15, 0.2) is 11.3 Å². The lowest BCUT2D eigenvalue weighted by Gasteiger charge is -2.48. The minimum absolute atomic E-state index is 0.0355. The number of hydrogen-bond donors (Lipinski definition) is 1. The van der Waals surface area contributed by atoms with E-state index < -0.39 is 33.2 Å². The molecule has 3 aromatic rings. The first-order valence-corrected chi connectivity index (χ1v) is 16.7. The number of halogens is 5. The van der Waals surface area contributed by atoms with Crippen LogP contribution in [0.25, 0.3) is 11.2 Å². The summed E-state index contributed by atoms with van der Waals surface area (Å²) in [5.41, 5.74) is -0.802. The third-order valence-electron chi connectivity index (χ3n) is 8.65. The number of piperidine rings is 1. The number of nitrogens with one attached hydrogen (secondary N) is 1. The highest BCUT2D eigenvalue weighted by atomic mass is 35.5. The molecule has 0 amide bonds. The molecule has 1 N–H and O–H groups in total. The average molecular weight is 663 g/mol. The molecule has 2 aliphatic heterocycles. The quantitative estimate of drug-likeness (QED) is 0.318. The maximum atomic E-state index is 13.9. The lowest BCUT2D eigenvalue weighted by Crippen LogP contribution is -2.55. The summed E-state index contributed by atoms with van der Waals surface area (Å²) in [5.74, 6) is 1.32. The second-order valence-electron chi connectivity index (χ2n) is 11.9. The van der Waals surface area contributed by atoms with Crippen molar-refractivity contribution in [2.75, 3.05) is 37.6 Å². The Morgan fingerprint density at radius 2 is 1.81 bits per heavy atom. The molecule has 4 heterocycles. The molecule has 2 aromatic heterocycles. The fraction of sp³-hybridized carbons (Fsp3) is 0.607. The second-order valence-corrected chi connectivity index (χ2v) is 15.1. The summed E-state index contributed by atoms with van der Waals surface area (Å²) in [7, 11) is -3.32. The van der Waals surface area contributed by atoms with Crippen LogP contribution in [0.5, 0.6) is 0 Å². The van der Waals surface area contributed by atoms with Gasteiger partial charge in [0.1, 0.15) is 11.3 Å². The fourth-order valence-electron chi connectivity index (χ4n) is 5.84. The molecule has 1 aromatic carbocycles. The van der Waals surface area contributed by atoms with Crippen LogP contribution in [0, 0.1) is 11.8 Å². The molecular formula is C28H36Cl2F3N7O2S. The number of alkyl halides is 3. The third kappa shape index (κ3) is 6.75. The lowest BCUT2D eigenvalue weighted by atomic mass is 9.80. The molecule has 0 radical (unpaired) electrons. The van der Waals surface area contributed by atoms with E-state index in [4.69, 9.17) is 23.2 Å². The van der Waals surface area contributed by atoms with Crippen LogP contribution in [-0.2, 0) is 16.2 Å². The Labute approximate surface area is 259 Å². The van der Waals surface area contributed by atoms with Crippen molar-refractivity contribution in [3.63, 3.8) is 0 Å². The van der Waals surface area contributed by atoms with Gasteiger partial charge in [-0.05, 0) is 76.6 Å². The summed E-state index contributed by atoms with van der Waals surface area (Å²) in [6, 6.07) is 4.25. The van der Waals surface area contributed by atoms with Crippen molar-refractivity contribution in [3.8, 4) is 0 Å². The summed E-state index contributed by atoms with van der Waals surface area (Å²) in [4.78, 5) is 13.2. The predicted octanol–water partition coefficient (Wildman–Crippen LogP) is 5.63. The van der Waals surface area contributed by atoms with E-state index in [1.54, 1.807) is 39.0 Å². The third-order valence-corrected chi connectivity index (χ3v) is 11.0. The molecule has 0 spiro atoms. The molecule has 2 aliphatic rings. The standard InChI is InChI=1S/C28H36Cl2F3N7O2S/c1-16(2)43(41,42)35-11-17(3)38-9-5-6-19(13-38)20-14-39(15-20)24-12-34-25-26(28(31,32)33)37-40(27(25)36-24)18(4)22-8-7-21(29)10-23(22)30/h7-8,10,12,16-20,35H,5-6,9,11,13-15H2,1-4H3. The van der Waals surface area contributed by atoms with Crippen molar-refractivity contribution in [1.29, 1.82) is 0 Å². The molecule has 0 bridgehead atoms. The van der Waals surface area contributed by atoms with E-state index in [0.29, 0.717) is 52.9 Å². The van der Waals surface area contributed by atoms with Gasteiger partial charge in [0.05, 0.1) is 17.5 Å². The second kappa shape index (κ2) is 12.3. The van der Waals surface area contributed by atoms with Crippen LogP contribution in [0.2, 0.25) is 10.0 Å². The minimum Gasteiger partial charge on any atom is -0.355 e. The Bertz CT molecular complexity index is 1580. The summed E-state index contributed by atoms with van der Waals surface area (Å²) in [5, 5.41) is 4.17. The lowest BCUT2D eigenvalue weighted by molar-refractivity contribution is -0.140. The Hall–Kier alpha value is -2.19. The zero-order chi connectivity index (χ0) is 31.3. The van der Waals surface area contributed by atoms with E-state index in [1.165, 1.54) is 10.9 Å². The Kier molecular flexibility index (Phi) is 9.22.